The lowest BCUT2D eigenvalue weighted by molar-refractivity contribution is -0.129. The van der Waals surface area contributed by atoms with Gasteiger partial charge in [0, 0.05) is 32.5 Å². The molecule has 3 aromatic rings. The maximum atomic E-state index is 13.2. The summed E-state index contributed by atoms with van der Waals surface area (Å²) in [6.07, 6.45) is 3.96. The number of carbonyl (C=O) groups excluding carboxylic acids is 1. The van der Waals surface area contributed by atoms with Crippen molar-refractivity contribution in [2.24, 2.45) is 0 Å². The summed E-state index contributed by atoms with van der Waals surface area (Å²) >= 11 is 0. The van der Waals surface area contributed by atoms with E-state index in [9.17, 15) is 9.59 Å². The zero-order valence-electron chi connectivity index (χ0n) is 18.6. The Balaban J connectivity index is 1.47. The third kappa shape index (κ3) is 3.79. The molecule has 0 bridgehead atoms. The lowest BCUT2D eigenvalue weighted by Gasteiger charge is -2.35. The van der Waals surface area contributed by atoms with E-state index >= 15 is 0 Å². The largest absolute Gasteiger partial charge is 0.497 e. The number of aromatic nitrogens is 3. The van der Waals surface area contributed by atoms with Crippen LogP contribution in [0.15, 0.2) is 35.1 Å². The van der Waals surface area contributed by atoms with Crippen molar-refractivity contribution in [1.29, 1.82) is 0 Å². The molecule has 8 nitrogen and oxygen atoms in total. The fourth-order valence-corrected chi connectivity index (χ4v) is 4.98. The lowest BCUT2D eigenvalue weighted by Crippen LogP contribution is -2.39. The lowest BCUT2D eigenvalue weighted by atomic mass is 9.98. The quantitative estimate of drug-likeness (QED) is 0.681. The average molecular weight is 436 g/mol. The topological polar surface area (TPSA) is 82.9 Å². The van der Waals surface area contributed by atoms with Crippen molar-refractivity contribution in [3.63, 3.8) is 0 Å². The Morgan fingerprint density at radius 2 is 2.12 bits per heavy atom. The summed E-state index contributed by atoms with van der Waals surface area (Å²) < 4.78 is 6.94. The number of rotatable bonds is 4. The number of methoxy groups -OCH3 is 1. The molecule has 1 amide bonds. The number of nitrogens with one attached hydrogen (secondary N) is 1. The van der Waals surface area contributed by atoms with Crippen LogP contribution < -0.4 is 10.3 Å². The van der Waals surface area contributed by atoms with Crippen LogP contribution in [0.2, 0.25) is 0 Å². The van der Waals surface area contributed by atoms with Crippen molar-refractivity contribution in [1.82, 2.24) is 24.4 Å². The molecule has 2 aliphatic heterocycles. The van der Waals surface area contributed by atoms with Gasteiger partial charge < -0.3 is 9.64 Å². The number of fused-ring (bicyclic) bond motifs is 2. The molecule has 4 heterocycles. The second-order valence-corrected chi connectivity index (χ2v) is 8.77. The van der Waals surface area contributed by atoms with E-state index in [0.29, 0.717) is 30.7 Å². The van der Waals surface area contributed by atoms with Crippen molar-refractivity contribution in [3.8, 4) is 5.75 Å². The fourth-order valence-electron chi connectivity index (χ4n) is 4.98. The highest BCUT2D eigenvalue weighted by atomic mass is 16.5. The van der Waals surface area contributed by atoms with E-state index in [1.807, 2.05) is 18.2 Å². The molecule has 2 aliphatic rings. The number of likely N-dealkylation sites (tertiary alicyclic amines) is 1. The predicted octanol–water partition coefficient (Wildman–Crippen LogP) is 2.66. The molecule has 32 heavy (non-hydrogen) atoms. The number of aromatic amines is 1. The summed E-state index contributed by atoms with van der Waals surface area (Å²) in [6.45, 7) is 4.31. The predicted molar refractivity (Wildman–Crippen MR) is 121 cm³/mol. The zero-order valence-corrected chi connectivity index (χ0v) is 18.6. The molecule has 1 saturated heterocycles. The van der Waals surface area contributed by atoms with Gasteiger partial charge in [-0.15, -0.1) is 0 Å². The number of amides is 1. The van der Waals surface area contributed by atoms with E-state index in [0.717, 1.165) is 49.5 Å². The van der Waals surface area contributed by atoms with Crippen LogP contribution in [0.4, 0.5) is 0 Å². The number of hydrogen-bond acceptors (Lipinski definition) is 5. The Hall–Kier alpha value is -3.13. The molecule has 0 saturated carbocycles. The number of nitrogens with zero attached hydrogens (tertiary/aromatic N) is 4. The molecular formula is C24H29N5O3. The van der Waals surface area contributed by atoms with E-state index in [1.165, 1.54) is 5.56 Å². The minimum atomic E-state index is -0.0997. The number of benzene rings is 1. The van der Waals surface area contributed by atoms with E-state index in [-0.39, 0.29) is 17.5 Å². The summed E-state index contributed by atoms with van der Waals surface area (Å²) in [6, 6.07) is 10.4. The van der Waals surface area contributed by atoms with Gasteiger partial charge in [0.15, 0.2) is 5.65 Å². The number of hydrogen-bond donors (Lipinski definition) is 1. The maximum Gasteiger partial charge on any atom is 0.277 e. The summed E-state index contributed by atoms with van der Waals surface area (Å²) in [5, 5.41) is 3.34. The molecule has 1 atom stereocenters. The third-order valence-electron chi connectivity index (χ3n) is 6.72. The van der Waals surface area contributed by atoms with Crippen molar-refractivity contribution >= 4 is 11.6 Å². The summed E-state index contributed by atoms with van der Waals surface area (Å²) in [4.78, 5) is 33.9. The van der Waals surface area contributed by atoms with E-state index in [1.54, 1.807) is 23.4 Å². The first-order valence-electron chi connectivity index (χ1n) is 11.3. The first-order chi connectivity index (χ1) is 15.5. The first-order valence-corrected chi connectivity index (χ1v) is 11.3. The minimum absolute atomic E-state index is 0.0114. The molecule has 2 aromatic heterocycles. The van der Waals surface area contributed by atoms with Gasteiger partial charge in [0.25, 0.3) is 5.56 Å². The van der Waals surface area contributed by atoms with Crippen LogP contribution in [0, 0.1) is 0 Å². The summed E-state index contributed by atoms with van der Waals surface area (Å²) in [5.74, 6) is 0.852. The van der Waals surface area contributed by atoms with Crippen LogP contribution in [0.25, 0.3) is 5.65 Å². The number of carbonyl (C=O) groups is 1. The molecule has 0 radical (unpaired) electrons. The average Bonchev–Trinajstić information content (AvgIpc) is 3.23. The van der Waals surface area contributed by atoms with Gasteiger partial charge in [-0.2, -0.15) is 0 Å². The van der Waals surface area contributed by atoms with Crippen LogP contribution in [0.5, 0.6) is 5.75 Å². The van der Waals surface area contributed by atoms with Gasteiger partial charge >= 0.3 is 0 Å². The second kappa shape index (κ2) is 8.43. The van der Waals surface area contributed by atoms with Crippen LogP contribution in [0.1, 0.15) is 54.7 Å². The van der Waals surface area contributed by atoms with Gasteiger partial charge in [0.2, 0.25) is 5.91 Å². The Labute approximate surface area is 186 Å². The zero-order chi connectivity index (χ0) is 22.2. The second-order valence-electron chi connectivity index (χ2n) is 8.77. The van der Waals surface area contributed by atoms with Gasteiger partial charge in [-0.1, -0.05) is 18.6 Å². The van der Waals surface area contributed by atoms with Crippen molar-refractivity contribution in [2.45, 2.75) is 51.7 Å². The molecule has 0 aliphatic carbocycles. The molecule has 0 unspecified atom stereocenters. The highest BCUT2D eigenvalue weighted by molar-refractivity contribution is 5.73. The molecule has 1 fully saturated rings. The van der Waals surface area contributed by atoms with Gasteiger partial charge in [-0.3, -0.25) is 19.6 Å². The van der Waals surface area contributed by atoms with Crippen molar-refractivity contribution in [3.05, 3.63) is 63.2 Å². The molecular weight excluding hydrogens is 406 g/mol. The number of ether oxygens (including phenoxy) is 1. The SMILES string of the molecule is COc1cccc(CN2CCCC[C@H]2c2cc3nc4c(c(=O)n3[nH]2)CN(C(C)=O)CC4)c1. The van der Waals surface area contributed by atoms with Crippen LogP contribution >= 0.6 is 0 Å². The van der Waals surface area contributed by atoms with Crippen LogP contribution in [-0.2, 0) is 24.3 Å². The maximum absolute atomic E-state index is 13.2. The van der Waals surface area contributed by atoms with Crippen molar-refractivity contribution < 1.29 is 9.53 Å². The Morgan fingerprint density at radius 3 is 2.94 bits per heavy atom. The first kappa shape index (κ1) is 20.8. The molecule has 8 heteroatoms. The van der Waals surface area contributed by atoms with E-state index in [4.69, 9.17) is 9.72 Å². The summed E-state index contributed by atoms with van der Waals surface area (Å²) in [7, 11) is 1.69. The Kier molecular flexibility index (Phi) is 5.46. The standard InChI is InChI=1S/C24H29N5O3/c1-16(30)27-11-9-20-19(15-27)24(31)29-23(25-20)13-21(26-29)22-8-3-4-10-28(22)14-17-6-5-7-18(12-17)32-2/h5-7,12-13,22,26H,3-4,8-11,14-15H2,1-2H3/t22-/m0/s1. The summed E-state index contributed by atoms with van der Waals surface area (Å²) in [5.41, 5.74) is 4.22. The number of H-pyrrole nitrogens is 1. The van der Waals surface area contributed by atoms with Gasteiger partial charge in [-0.25, -0.2) is 9.50 Å². The van der Waals surface area contributed by atoms with Gasteiger partial charge in [-0.05, 0) is 37.1 Å². The molecule has 1 aromatic carbocycles. The third-order valence-corrected chi connectivity index (χ3v) is 6.72. The highest BCUT2D eigenvalue weighted by Gasteiger charge is 2.28. The molecule has 168 valence electrons. The molecule has 5 rings (SSSR count). The van der Waals surface area contributed by atoms with Crippen LogP contribution in [-0.4, -0.2) is 50.5 Å². The highest BCUT2D eigenvalue weighted by Crippen LogP contribution is 2.32. The Bertz CT molecular complexity index is 1210. The van der Waals surface area contributed by atoms with Gasteiger partial charge in [0.1, 0.15) is 5.75 Å². The Morgan fingerprint density at radius 1 is 1.25 bits per heavy atom. The van der Waals surface area contributed by atoms with Crippen molar-refractivity contribution in [2.75, 3.05) is 20.2 Å². The smallest absolute Gasteiger partial charge is 0.277 e. The van der Waals surface area contributed by atoms with E-state index < -0.39 is 0 Å². The number of piperidine rings is 1. The van der Waals surface area contributed by atoms with Gasteiger partial charge in [0.05, 0.1) is 36.6 Å². The molecule has 1 N–H and O–H groups in total. The van der Waals surface area contributed by atoms with Crippen LogP contribution in [0.3, 0.4) is 0 Å². The fraction of sp³-hybridized carbons (Fsp3) is 0.458. The molecule has 0 spiro atoms. The monoisotopic (exact) mass is 435 g/mol. The normalized spacial score (nSPS) is 19.2. The minimum Gasteiger partial charge on any atom is -0.497 e. The van der Waals surface area contributed by atoms with E-state index in [2.05, 4.69) is 22.1 Å².